The summed E-state index contributed by atoms with van der Waals surface area (Å²) in [6.07, 6.45) is 5.62. The van der Waals surface area contributed by atoms with Crippen molar-refractivity contribution >= 4 is 32.9 Å². The average molecular weight is 479 g/mol. The van der Waals surface area contributed by atoms with E-state index in [4.69, 9.17) is 5.26 Å². The van der Waals surface area contributed by atoms with E-state index in [-0.39, 0.29) is 16.8 Å². The van der Waals surface area contributed by atoms with Crippen molar-refractivity contribution in [2.24, 2.45) is 0 Å². The summed E-state index contributed by atoms with van der Waals surface area (Å²) in [5, 5.41) is 12.8. The number of nitriles is 1. The standard InChI is InChI=1S/C26H30N4O3S/c1-4-30(5-2)34(32,33)23-14-11-21(12-15-23)20(3)28-26(31)16-13-22-19-29(18-8-17-27)25-10-7-6-9-24(22)25/h6-7,9-16,19-20H,4-5,8,18H2,1-3H3,(H,28,31)/b16-13+. The van der Waals surface area contributed by atoms with Crippen LogP contribution in [-0.4, -0.2) is 36.3 Å². The zero-order valence-electron chi connectivity index (χ0n) is 19.7. The second kappa shape index (κ2) is 11.1. The van der Waals surface area contributed by atoms with Gasteiger partial charge in [0.2, 0.25) is 15.9 Å². The normalized spacial score (nSPS) is 12.8. The first-order chi connectivity index (χ1) is 16.3. The van der Waals surface area contributed by atoms with Crippen LogP contribution in [0.2, 0.25) is 0 Å². The summed E-state index contributed by atoms with van der Waals surface area (Å²) in [5.74, 6) is -0.249. The third-order valence-corrected chi connectivity index (χ3v) is 7.84. The highest BCUT2D eigenvalue weighted by atomic mass is 32.2. The van der Waals surface area contributed by atoms with Crippen LogP contribution in [0, 0.1) is 11.3 Å². The average Bonchev–Trinajstić information content (AvgIpc) is 3.19. The second-order valence-corrected chi connectivity index (χ2v) is 9.86. The Morgan fingerprint density at radius 3 is 2.47 bits per heavy atom. The number of carbonyl (C=O) groups is 1. The van der Waals surface area contributed by atoms with Gasteiger partial charge in [0, 0.05) is 48.4 Å². The number of hydrogen-bond donors (Lipinski definition) is 1. The molecule has 0 saturated carbocycles. The Morgan fingerprint density at radius 2 is 1.82 bits per heavy atom. The lowest BCUT2D eigenvalue weighted by Gasteiger charge is -2.19. The van der Waals surface area contributed by atoms with Crippen molar-refractivity contribution in [3.05, 3.63) is 71.9 Å². The van der Waals surface area contributed by atoms with Crippen molar-refractivity contribution in [2.75, 3.05) is 13.1 Å². The zero-order valence-corrected chi connectivity index (χ0v) is 20.5. The molecular weight excluding hydrogens is 448 g/mol. The van der Waals surface area contributed by atoms with Gasteiger partial charge in [-0.05, 0) is 36.8 Å². The third-order valence-electron chi connectivity index (χ3n) is 5.78. The Morgan fingerprint density at radius 1 is 1.15 bits per heavy atom. The van der Waals surface area contributed by atoms with Crippen LogP contribution < -0.4 is 5.32 Å². The topological polar surface area (TPSA) is 95.2 Å². The van der Waals surface area contributed by atoms with Crippen molar-refractivity contribution in [1.82, 2.24) is 14.2 Å². The highest BCUT2D eigenvalue weighted by Gasteiger charge is 2.21. The Balaban J connectivity index is 1.70. The number of carbonyl (C=O) groups excluding carboxylic acids is 1. The number of nitrogens with zero attached hydrogens (tertiary/aromatic N) is 3. The molecule has 0 radical (unpaired) electrons. The van der Waals surface area contributed by atoms with Crippen LogP contribution in [0.15, 0.2) is 65.7 Å². The minimum atomic E-state index is -3.51. The number of rotatable bonds is 10. The van der Waals surface area contributed by atoms with Crippen LogP contribution in [0.3, 0.4) is 0 Å². The fourth-order valence-electron chi connectivity index (χ4n) is 3.91. The number of benzene rings is 2. The van der Waals surface area contributed by atoms with E-state index in [0.29, 0.717) is 26.1 Å². The second-order valence-electron chi connectivity index (χ2n) is 7.93. The van der Waals surface area contributed by atoms with Gasteiger partial charge in [0.25, 0.3) is 0 Å². The minimum absolute atomic E-state index is 0.242. The molecule has 0 aliphatic rings. The number of para-hydroxylation sites is 1. The molecule has 3 rings (SSSR count). The molecule has 0 fully saturated rings. The lowest BCUT2D eigenvalue weighted by Crippen LogP contribution is -2.30. The Kier molecular flexibility index (Phi) is 8.26. The van der Waals surface area contributed by atoms with Crippen LogP contribution in [0.5, 0.6) is 0 Å². The van der Waals surface area contributed by atoms with E-state index >= 15 is 0 Å². The fraction of sp³-hybridized carbons (Fsp3) is 0.308. The molecule has 1 N–H and O–H groups in total. The highest BCUT2D eigenvalue weighted by Crippen LogP contribution is 2.23. The SMILES string of the molecule is CCN(CC)S(=O)(=O)c1ccc(C(C)NC(=O)/C=C/c2cn(CCC#N)c3ccccc23)cc1. The summed E-state index contributed by atoms with van der Waals surface area (Å²) in [7, 11) is -3.51. The van der Waals surface area contributed by atoms with E-state index in [1.54, 1.807) is 30.3 Å². The van der Waals surface area contributed by atoms with Crippen molar-refractivity contribution in [3.8, 4) is 6.07 Å². The molecule has 1 atom stereocenters. The Hall–Kier alpha value is -3.41. The molecule has 0 bridgehead atoms. The molecule has 0 aliphatic carbocycles. The number of amides is 1. The van der Waals surface area contributed by atoms with Gasteiger partial charge in [-0.3, -0.25) is 4.79 Å². The third kappa shape index (κ3) is 5.56. The summed E-state index contributed by atoms with van der Waals surface area (Å²) in [5.41, 5.74) is 2.74. The summed E-state index contributed by atoms with van der Waals surface area (Å²) < 4.78 is 28.7. The molecule has 1 amide bonds. The Bertz CT molecular complexity index is 1310. The molecule has 3 aromatic rings. The summed E-state index contributed by atoms with van der Waals surface area (Å²) in [6.45, 7) is 6.89. The van der Waals surface area contributed by atoms with Gasteiger partial charge in [0.1, 0.15) is 0 Å². The van der Waals surface area contributed by atoms with Crippen LogP contribution in [0.25, 0.3) is 17.0 Å². The van der Waals surface area contributed by atoms with Crippen LogP contribution in [0.1, 0.15) is 44.4 Å². The molecule has 7 nitrogen and oxygen atoms in total. The van der Waals surface area contributed by atoms with Gasteiger partial charge >= 0.3 is 0 Å². The molecule has 178 valence electrons. The van der Waals surface area contributed by atoms with E-state index in [1.807, 2.05) is 55.8 Å². The van der Waals surface area contributed by atoms with Gasteiger partial charge in [-0.25, -0.2) is 8.42 Å². The van der Waals surface area contributed by atoms with Gasteiger partial charge in [-0.1, -0.05) is 44.2 Å². The molecule has 0 saturated heterocycles. The van der Waals surface area contributed by atoms with E-state index in [0.717, 1.165) is 22.0 Å². The minimum Gasteiger partial charge on any atom is -0.346 e. The number of fused-ring (bicyclic) bond motifs is 1. The first-order valence-corrected chi connectivity index (χ1v) is 12.8. The van der Waals surface area contributed by atoms with Gasteiger partial charge in [0.05, 0.1) is 23.4 Å². The predicted molar refractivity (Wildman–Crippen MR) is 134 cm³/mol. The van der Waals surface area contributed by atoms with Gasteiger partial charge < -0.3 is 9.88 Å². The maximum absolute atomic E-state index is 12.7. The van der Waals surface area contributed by atoms with E-state index in [1.165, 1.54) is 10.4 Å². The highest BCUT2D eigenvalue weighted by molar-refractivity contribution is 7.89. The van der Waals surface area contributed by atoms with Crippen LogP contribution in [0.4, 0.5) is 0 Å². The molecular formula is C26H30N4O3S. The maximum atomic E-state index is 12.7. The monoisotopic (exact) mass is 478 g/mol. The fourth-order valence-corrected chi connectivity index (χ4v) is 5.37. The summed E-state index contributed by atoms with van der Waals surface area (Å²) in [6, 6.07) is 16.4. The van der Waals surface area contributed by atoms with Crippen molar-refractivity contribution in [1.29, 1.82) is 5.26 Å². The first kappa shape index (κ1) is 25.2. The number of hydrogen-bond acceptors (Lipinski definition) is 4. The van der Waals surface area contributed by atoms with Gasteiger partial charge in [0.15, 0.2) is 0 Å². The largest absolute Gasteiger partial charge is 0.346 e. The lowest BCUT2D eigenvalue weighted by atomic mass is 10.1. The lowest BCUT2D eigenvalue weighted by molar-refractivity contribution is -0.117. The number of aryl methyl sites for hydroxylation is 1. The zero-order chi connectivity index (χ0) is 24.7. The summed E-state index contributed by atoms with van der Waals surface area (Å²) >= 11 is 0. The number of sulfonamides is 1. The quantitative estimate of drug-likeness (QED) is 0.435. The molecule has 1 unspecified atom stereocenters. The van der Waals surface area contributed by atoms with E-state index < -0.39 is 10.0 Å². The number of aromatic nitrogens is 1. The molecule has 1 aromatic heterocycles. The van der Waals surface area contributed by atoms with E-state index in [9.17, 15) is 13.2 Å². The molecule has 2 aromatic carbocycles. The molecule has 1 heterocycles. The molecule has 34 heavy (non-hydrogen) atoms. The molecule has 8 heteroatoms. The van der Waals surface area contributed by atoms with Crippen LogP contribution >= 0.6 is 0 Å². The summed E-state index contributed by atoms with van der Waals surface area (Å²) in [4.78, 5) is 12.8. The number of nitrogens with one attached hydrogen (secondary N) is 1. The van der Waals surface area contributed by atoms with Gasteiger partial charge in [-0.15, -0.1) is 0 Å². The maximum Gasteiger partial charge on any atom is 0.244 e. The first-order valence-electron chi connectivity index (χ1n) is 11.3. The molecule has 0 spiro atoms. The van der Waals surface area contributed by atoms with Gasteiger partial charge in [-0.2, -0.15) is 9.57 Å². The van der Waals surface area contributed by atoms with Crippen molar-refractivity contribution in [3.63, 3.8) is 0 Å². The Labute approximate surface area is 201 Å². The van der Waals surface area contributed by atoms with Crippen LogP contribution in [-0.2, 0) is 21.4 Å². The van der Waals surface area contributed by atoms with E-state index in [2.05, 4.69) is 11.4 Å². The smallest absolute Gasteiger partial charge is 0.244 e. The van der Waals surface area contributed by atoms with Crippen molar-refractivity contribution in [2.45, 2.75) is 44.7 Å². The predicted octanol–water partition coefficient (Wildman–Crippen LogP) is 4.48. The molecule has 0 aliphatic heterocycles. The van der Waals surface area contributed by atoms with Crippen molar-refractivity contribution < 1.29 is 13.2 Å².